The number of rotatable bonds is 1. The maximum Gasteiger partial charge on any atom is 0.173 e. The van der Waals surface area contributed by atoms with Crippen LogP contribution in [0, 0.1) is 11.3 Å². The number of aliphatic imine (C=N–C) groups is 1. The molecule has 3 aliphatic rings. The molecule has 1 heterocycles. The Morgan fingerprint density at radius 2 is 1.66 bits per heavy atom. The second-order valence-electron chi connectivity index (χ2n) is 8.91. The molecule has 5 heteroatoms. The van der Waals surface area contributed by atoms with Gasteiger partial charge in [0.25, 0.3) is 0 Å². The highest BCUT2D eigenvalue weighted by Gasteiger charge is 2.50. The molecule has 0 fully saturated rings. The third-order valence-corrected chi connectivity index (χ3v) is 6.20. The lowest BCUT2D eigenvalue weighted by atomic mass is 9.66. The summed E-state index contributed by atoms with van der Waals surface area (Å²) in [6.07, 6.45) is 1.05. The number of allylic oxidation sites excluding steroid dienone is 2. The second kappa shape index (κ2) is 5.89. The Bertz CT molecular complexity index is 1160. The molecule has 0 saturated carbocycles. The smallest absolute Gasteiger partial charge is 0.173 e. The lowest BCUT2D eigenvalue weighted by molar-refractivity contribution is -0.118. The summed E-state index contributed by atoms with van der Waals surface area (Å²) in [6.45, 7) is 4.10. The van der Waals surface area contributed by atoms with Crippen LogP contribution in [0.15, 0.2) is 58.7 Å². The fourth-order valence-electron chi connectivity index (χ4n) is 4.98. The van der Waals surface area contributed by atoms with Crippen LogP contribution in [0.5, 0.6) is 11.5 Å². The number of fused-ring (bicyclic) bond motifs is 3. The number of carbonyl (C=O) groups is 2. The summed E-state index contributed by atoms with van der Waals surface area (Å²) in [7, 11) is 0. The third kappa shape index (κ3) is 2.57. The van der Waals surface area contributed by atoms with E-state index in [1.54, 1.807) is 12.1 Å². The van der Waals surface area contributed by atoms with E-state index in [-0.39, 0.29) is 28.5 Å². The number of ketones is 2. The average Bonchev–Trinajstić information content (AvgIpc) is 2.94. The monoisotopic (exact) mass is 387 g/mol. The average molecular weight is 387 g/mol. The Balaban J connectivity index is 1.77. The topological polar surface area (TPSA) is 87.0 Å². The van der Waals surface area contributed by atoms with Crippen molar-refractivity contribution in [3.05, 3.63) is 70.4 Å². The summed E-state index contributed by atoms with van der Waals surface area (Å²) in [5.41, 5.74) is 3.89. The van der Waals surface area contributed by atoms with E-state index in [1.807, 2.05) is 18.2 Å². The Kier molecular flexibility index (Phi) is 3.63. The summed E-state index contributed by atoms with van der Waals surface area (Å²) in [5.74, 6) is -1.67. The van der Waals surface area contributed by atoms with Gasteiger partial charge in [-0.05, 0) is 29.5 Å². The van der Waals surface area contributed by atoms with E-state index < -0.39 is 11.8 Å². The van der Waals surface area contributed by atoms with Crippen molar-refractivity contribution >= 4 is 17.3 Å². The van der Waals surface area contributed by atoms with Gasteiger partial charge in [0.2, 0.25) is 0 Å². The fraction of sp³-hybridized carbons (Fsp3) is 0.292. The van der Waals surface area contributed by atoms with Gasteiger partial charge in [0.1, 0.15) is 0 Å². The SMILES string of the molecule is CC1(C)CC(=O)C2=C(C1)N=C1c3ccccc3C(=O)[C@H]1[C@H]2c1ccc(O)c(O)c1. The lowest BCUT2D eigenvalue weighted by Crippen LogP contribution is -2.37. The molecule has 0 saturated heterocycles. The first kappa shape index (κ1) is 17.9. The van der Waals surface area contributed by atoms with E-state index in [1.165, 1.54) is 12.1 Å². The molecule has 0 spiro atoms. The van der Waals surface area contributed by atoms with Crippen LogP contribution >= 0.6 is 0 Å². The van der Waals surface area contributed by atoms with Crippen molar-refractivity contribution in [3.8, 4) is 11.5 Å². The normalized spacial score (nSPS) is 24.7. The minimum atomic E-state index is -0.597. The molecule has 0 unspecified atom stereocenters. The van der Waals surface area contributed by atoms with Crippen LogP contribution in [0.4, 0.5) is 0 Å². The van der Waals surface area contributed by atoms with Gasteiger partial charge in [-0.1, -0.05) is 44.2 Å². The molecular weight excluding hydrogens is 366 g/mol. The molecule has 2 atom stereocenters. The molecule has 5 nitrogen and oxygen atoms in total. The van der Waals surface area contributed by atoms with Crippen molar-refractivity contribution < 1.29 is 19.8 Å². The van der Waals surface area contributed by atoms with E-state index in [9.17, 15) is 19.8 Å². The molecule has 0 amide bonds. The van der Waals surface area contributed by atoms with E-state index in [0.717, 1.165) is 11.3 Å². The number of phenols is 2. The van der Waals surface area contributed by atoms with Crippen LogP contribution in [0.1, 0.15) is 54.1 Å². The zero-order chi connectivity index (χ0) is 20.5. The van der Waals surface area contributed by atoms with Crippen molar-refractivity contribution in [2.45, 2.75) is 32.6 Å². The Hall–Kier alpha value is -3.21. The first-order valence-electron chi connectivity index (χ1n) is 9.77. The van der Waals surface area contributed by atoms with Crippen LogP contribution in [0.25, 0.3) is 0 Å². The van der Waals surface area contributed by atoms with Crippen LogP contribution in [0.2, 0.25) is 0 Å². The van der Waals surface area contributed by atoms with Gasteiger partial charge >= 0.3 is 0 Å². The Morgan fingerprint density at radius 1 is 0.931 bits per heavy atom. The van der Waals surface area contributed by atoms with Crippen LogP contribution in [0.3, 0.4) is 0 Å². The number of Topliss-reactive ketones (excluding diaryl/α,β-unsaturated/α-hetero) is 2. The standard InChI is InChI=1S/C24H21NO4/c1-24(2)10-15-20(18(28)11-24)19(12-7-8-16(26)17(27)9-12)21-22(25-15)13-5-3-4-6-14(13)23(21)29/h3-9,19,21,26-27H,10-11H2,1-2H3/t19-,21-/m0/s1. The first-order chi connectivity index (χ1) is 13.8. The third-order valence-electron chi connectivity index (χ3n) is 6.20. The molecule has 146 valence electrons. The maximum atomic E-state index is 13.3. The van der Waals surface area contributed by atoms with Crippen molar-refractivity contribution in [1.82, 2.24) is 0 Å². The van der Waals surface area contributed by atoms with Crippen LogP contribution < -0.4 is 0 Å². The number of carbonyl (C=O) groups excluding carboxylic acids is 2. The molecule has 2 aromatic carbocycles. The van der Waals surface area contributed by atoms with Gasteiger partial charge in [0.05, 0.1) is 11.6 Å². The summed E-state index contributed by atoms with van der Waals surface area (Å²) >= 11 is 0. The van der Waals surface area contributed by atoms with Crippen molar-refractivity contribution in [2.24, 2.45) is 16.3 Å². The molecule has 2 aliphatic carbocycles. The summed E-state index contributed by atoms with van der Waals surface area (Å²) < 4.78 is 0. The molecule has 0 radical (unpaired) electrons. The molecule has 29 heavy (non-hydrogen) atoms. The van der Waals surface area contributed by atoms with E-state index in [2.05, 4.69) is 13.8 Å². The summed E-state index contributed by atoms with van der Waals surface area (Å²) in [5, 5.41) is 19.8. The summed E-state index contributed by atoms with van der Waals surface area (Å²) in [4.78, 5) is 31.4. The largest absolute Gasteiger partial charge is 0.504 e. The highest BCUT2D eigenvalue weighted by molar-refractivity contribution is 6.30. The number of benzene rings is 2. The van der Waals surface area contributed by atoms with Crippen LogP contribution in [-0.4, -0.2) is 27.5 Å². The number of nitrogens with zero attached hydrogens (tertiary/aromatic N) is 1. The molecule has 1 aliphatic heterocycles. The van der Waals surface area contributed by atoms with E-state index in [0.29, 0.717) is 35.3 Å². The summed E-state index contributed by atoms with van der Waals surface area (Å²) in [6, 6.07) is 12.0. The van der Waals surface area contributed by atoms with Gasteiger partial charge < -0.3 is 10.2 Å². The number of aromatic hydroxyl groups is 2. The van der Waals surface area contributed by atoms with E-state index in [4.69, 9.17) is 4.99 Å². The zero-order valence-electron chi connectivity index (χ0n) is 16.3. The van der Waals surface area contributed by atoms with Gasteiger partial charge in [-0.15, -0.1) is 0 Å². The maximum absolute atomic E-state index is 13.3. The van der Waals surface area contributed by atoms with Gasteiger partial charge in [-0.3, -0.25) is 14.6 Å². The molecule has 5 rings (SSSR count). The van der Waals surface area contributed by atoms with Crippen LogP contribution in [-0.2, 0) is 4.79 Å². The highest BCUT2D eigenvalue weighted by atomic mass is 16.3. The lowest BCUT2D eigenvalue weighted by Gasteiger charge is -2.38. The van der Waals surface area contributed by atoms with E-state index >= 15 is 0 Å². The molecular formula is C24H21NO4. The predicted molar refractivity (Wildman–Crippen MR) is 108 cm³/mol. The highest BCUT2D eigenvalue weighted by Crippen LogP contribution is 2.51. The Labute approximate surface area is 168 Å². The van der Waals surface area contributed by atoms with Crippen molar-refractivity contribution in [3.63, 3.8) is 0 Å². The number of hydrogen-bond donors (Lipinski definition) is 2. The number of phenolic OH excluding ortho intramolecular Hbond substituents is 2. The minimum Gasteiger partial charge on any atom is -0.504 e. The van der Waals surface area contributed by atoms with Crippen molar-refractivity contribution in [1.29, 1.82) is 0 Å². The Morgan fingerprint density at radius 3 is 2.38 bits per heavy atom. The van der Waals surface area contributed by atoms with Gasteiger partial charge in [-0.2, -0.15) is 0 Å². The number of hydrogen-bond acceptors (Lipinski definition) is 5. The van der Waals surface area contributed by atoms with Gasteiger partial charge in [-0.25, -0.2) is 0 Å². The zero-order valence-corrected chi connectivity index (χ0v) is 16.3. The molecule has 0 bridgehead atoms. The predicted octanol–water partition coefficient (Wildman–Crippen LogP) is 4.14. The fourth-order valence-corrected chi connectivity index (χ4v) is 4.98. The van der Waals surface area contributed by atoms with Gasteiger partial charge in [0, 0.05) is 34.7 Å². The quantitative estimate of drug-likeness (QED) is 0.720. The molecule has 0 aromatic heterocycles. The van der Waals surface area contributed by atoms with Crippen molar-refractivity contribution in [2.75, 3.05) is 0 Å². The molecule has 2 N–H and O–H groups in total. The second-order valence-corrected chi connectivity index (χ2v) is 8.91. The van der Waals surface area contributed by atoms with Gasteiger partial charge in [0.15, 0.2) is 23.1 Å². The molecule has 2 aromatic rings. The first-order valence-corrected chi connectivity index (χ1v) is 9.77. The minimum absolute atomic E-state index is 0.000343.